The van der Waals surface area contributed by atoms with Crippen molar-refractivity contribution >= 4 is 59.4 Å². The number of aromatic amines is 1. The predicted octanol–water partition coefficient (Wildman–Crippen LogP) is -1.53. The van der Waals surface area contributed by atoms with Crippen LogP contribution in [0.1, 0.15) is 19.1 Å². The van der Waals surface area contributed by atoms with Crippen LogP contribution in [0.3, 0.4) is 0 Å². The number of methoxy groups -OCH3 is 1. The maximum atomic E-state index is 12.1. The number of hydrogen-bond donors (Lipinski definition) is 11. The fourth-order valence-corrected chi connectivity index (χ4v) is 8.69. The molecule has 0 bridgehead atoms. The summed E-state index contributed by atoms with van der Waals surface area (Å²) in [5, 5.41) is 19.0. The quantitative estimate of drug-likeness (QED) is 0.0421. The van der Waals surface area contributed by atoms with Gasteiger partial charge in [0.1, 0.15) is 0 Å². The fourth-order valence-electron chi connectivity index (χ4n) is 5.17. The van der Waals surface area contributed by atoms with E-state index >= 15 is 0 Å². The van der Waals surface area contributed by atoms with Gasteiger partial charge in [-0.1, -0.05) is 0 Å². The molecule has 50 heavy (non-hydrogen) atoms. The van der Waals surface area contributed by atoms with Gasteiger partial charge in [0.15, 0.2) is 0 Å². The fraction of sp³-hybridized carbons (Fsp3) is 0.591. The molecule has 5 heterocycles. The van der Waals surface area contributed by atoms with E-state index in [4.69, 9.17) is 29.4 Å². The van der Waals surface area contributed by atoms with E-state index < -0.39 is 74.0 Å². The van der Waals surface area contributed by atoms with E-state index in [9.17, 15) is 34.4 Å². The molecule has 2 aliphatic rings. The van der Waals surface area contributed by atoms with Gasteiger partial charge in [0.2, 0.25) is 0 Å². The van der Waals surface area contributed by atoms with Crippen LogP contribution in [0.5, 0.6) is 0 Å². The van der Waals surface area contributed by atoms with Gasteiger partial charge in [-0.05, 0) is 0 Å². The van der Waals surface area contributed by atoms with Gasteiger partial charge in [-0.2, -0.15) is 0 Å². The number of aliphatic hydroxyl groups excluding tert-OH is 1. The summed E-state index contributed by atoms with van der Waals surface area (Å²) in [6, 6.07) is 0. The molecular weight excluding hydrogens is 737 g/mol. The van der Waals surface area contributed by atoms with Crippen molar-refractivity contribution in [2.75, 3.05) is 56.1 Å². The molecule has 2 fully saturated rings. The minimum atomic E-state index is -5.51. The summed E-state index contributed by atoms with van der Waals surface area (Å²) in [5.41, 5.74) is 6.12. The Bertz CT molecular complexity index is 1660. The van der Waals surface area contributed by atoms with Crippen LogP contribution in [0.25, 0.3) is 11.2 Å². The molecule has 12 N–H and O–H groups in total. The van der Waals surface area contributed by atoms with Gasteiger partial charge in [0.25, 0.3) is 0 Å². The first-order valence-electron chi connectivity index (χ1n) is 14.7. The molecule has 25 nitrogen and oxygen atoms in total. The van der Waals surface area contributed by atoms with Crippen molar-refractivity contribution in [2.24, 2.45) is 0 Å². The standard InChI is InChI=1S/C22H39N10O15P3/c1-24-14-18(30-22(23)31-20(14)34)29-21-15(33)16(40-3)11(44-21)7-42-48(35)46-50(38,39)47-49(36,37)45-41-6-10-4-5-12(43-10)32-9-28-13-17(25-2)26-8-27-19(13)32/h8-12,15-16,21,24,33,35-39,49-50H,4-7H2,1-3H3,(H,25,26,27)(H4,23,29,30,31,34). The molecule has 28 heteroatoms. The first-order valence-corrected chi connectivity index (χ1v) is 19.2. The second-order valence-corrected chi connectivity index (χ2v) is 15.3. The van der Waals surface area contributed by atoms with E-state index in [1.54, 1.807) is 17.9 Å². The Balaban J connectivity index is 1.06. The van der Waals surface area contributed by atoms with Crippen LogP contribution < -0.4 is 27.2 Å². The van der Waals surface area contributed by atoms with Crippen molar-refractivity contribution < 1.29 is 66.5 Å². The average molecular weight is 777 g/mol. The number of ether oxygens (including phenoxy) is 3. The Labute approximate surface area is 284 Å². The summed E-state index contributed by atoms with van der Waals surface area (Å²) in [6.07, 6.45) is -1.74. The van der Waals surface area contributed by atoms with Gasteiger partial charge >= 0.3 is 284 Å². The maximum absolute atomic E-state index is 12.1. The van der Waals surface area contributed by atoms with E-state index in [1.807, 2.05) is 0 Å². The number of imidazole rings is 1. The van der Waals surface area contributed by atoms with E-state index in [-0.39, 0.29) is 24.1 Å². The van der Waals surface area contributed by atoms with Gasteiger partial charge in [-0.25, -0.2) is 0 Å². The second kappa shape index (κ2) is 16.4. The number of nitrogens with two attached hydrogens (primary N) is 1. The van der Waals surface area contributed by atoms with Crippen molar-refractivity contribution in [3.8, 4) is 0 Å². The summed E-state index contributed by atoms with van der Waals surface area (Å²) >= 11 is 0. The van der Waals surface area contributed by atoms with Gasteiger partial charge in [0, 0.05) is 0 Å². The minimum absolute atomic E-state index is 0.00397. The van der Waals surface area contributed by atoms with Crippen molar-refractivity contribution in [3.05, 3.63) is 23.0 Å². The molecule has 7 atom stereocenters. The van der Waals surface area contributed by atoms with Crippen molar-refractivity contribution in [1.82, 2.24) is 29.5 Å². The molecule has 0 aromatic carbocycles. The molecule has 7 unspecified atom stereocenters. The van der Waals surface area contributed by atoms with Gasteiger partial charge in [0.05, 0.1) is 0 Å². The molecule has 3 aromatic rings. The molecule has 3 aromatic heterocycles. The molecule has 5 rings (SSSR count). The molecule has 0 amide bonds. The number of rotatable bonds is 17. The SMILES string of the molecule is CNc1c(NC2OC(COP(O)O[PH](O)(O)O[PH](O)(O)OOCC3CCC(n4cnc5c(NC)ncnc54)O3)C(OC)C2O)nc(N)[nH]c1=O. The zero-order valence-electron chi connectivity index (χ0n) is 26.6. The van der Waals surface area contributed by atoms with Gasteiger partial charge in [-0.15, -0.1) is 0 Å². The number of H-pyrrole nitrogens is 1. The normalized spacial score (nSPS) is 25.5. The summed E-state index contributed by atoms with van der Waals surface area (Å²) in [7, 11) is -9.60. The Morgan fingerprint density at radius 2 is 1.88 bits per heavy atom. The molecule has 2 aliphatic heterocycles. The summed E-state index contributed by atoms with van der Waals surface area (Å²) in [5.74, 6) is 0.305. The topological polar surface area (TPSA) is 347 Å². The second-order valence-electron chi connectivity index (χ2n) is 10.6. The number of fused-ring (bicyclic) bond motifs is 1. The van der Waals surface area contributed by atoms with Crippen LogP contribution in [0.2, 0.25) is 0 Å². The Morgan fingerprint density at radius 3 is 2.60 bits per heavy atom. The summed E-state index contributed by atoms with van der Waals surface area (Å²) in [6.45, 7) is -0.836. The summed E-state index contributed by atoms with van der Waals surface area (Å²) < 4.78 is 37.3. The Morgan fingerprint density at radius 1 is 1.10 bits per heavy atom. The van der Waals surface area contributed by atoms with Gasteiger partial charge in [-0.3, -0.25) is 0 Å². The molecule has 0 spiro atoms. The monoisotopic (exact) mass is 776 g/mol. The third-order valence-corrected chi connectivity index (χ3v) is 11.7. The third-order valence-electron chi connectivity index (χ3n) is 7.30. The van der Waals surface area contributed by atoms with Crippen molar-refractivity contribution in [3.63, 3.8) is 0 Å². The Hall–Kier alpha value is -2.64. The number of hydrogen-bond acceptors (Lipinski definition) is 23. The van der Waals surface area contributed by atoms with Crippen LogP contribution in [0.4, 0.5) is 23.3 Å². The van der Waals surface area contributed by atoms with Crippen LogP contribution in [-0.4, -0.2) is 124 Å². The van der Waals surface area contributed by atoms with Crippen LogP contribution in [-0.2, 0) is 36.9 Å². The zero-order valence-corrected chi connectivity index (χ0v) is 29.5. The predicted molar refractivity (Wildman–Crippen MR) is 176 cm³/mol. The first-order chi connectivity index (χ1) is 23.7. The number of aromatic nitrogens is 6. The number of aliphatic hydroxyl groups is 1. The zero-order chi connectivity index (χ0) is 36.2. The van der Waals surface area contributed by atoms with Crippen molar-refractivity contribution in [2.45, 2.75) is 49.7 Å². The first kappa shape index (κ1) is 38.6. The van der Waals surface area contributed by atoms with Crippen LogP contribution in [0, 0.1) is 0 Å². The summed E-state index contributed by atoms with van der Waals surface area (Å²) in [4.78, 5) is 86.6. The molecule has 0 aliphatic carbocycles. The third kappa shape index (κ3) is 9.23. The van der Waals surface area contributed by atoms with Crippen LogP contribution in [0.15, 0.2) is 17.4 Å². The Kier molecular flexibility index (Phi) is 12.6. The number of nitrogen functional groups attached to an aromatic ring is 1. The number of nitrogens with zero attached hydrogens (tertiary/aromatic N) is 5. The van der Waals surface area contributed by atoms with E-state index in [1.165, 1.54) is 20.5 Å². The van der Waals surface area contributed by atoms with Crippen LogP contribution >= 0.6 is 24.9 Å². The molecule has 282 valence electrons. The van der Waals surface area contributed by atoms with Crippen molar-refractivity contribution in [1.29, 1.82) is 0 Å². The van der Waals surface area contributed by atoms with Gasteiger partial charge < -0.3 is 0 Å². The molecular formula is C22H39N10O15P3. The number of anilines is 4. The van der Waals surface area contributed by atoms with E-state index in [0.717, 1.165) is 0 Å². The molecule has 2 saturated heterocycles. The van der Waals surface area contributed by atoms with E-state index in [2.05, 4.69) is 54.2 Å². The number of nitrogens with one attached hydrogen (secondary N) is 4. The molecule has 0 saturated carbocycles. The molecule has 0 radical (unpaired) electrons. The average Bonchev–Trinajstić information content (AvgIpc) is 3.76. The van der Waals surface area contributed by atoms with E-state index in [0.29, 0.717) is 29.8 Å².